The molecule has 4 heteroatoms. The van der Waals surface area contributed by atoms with E-state index in [9.17, 15) is 5.11 Å². The minimum Gasteiger partial charge on any atom is -0.508 e. The molecule has 1 aromatic rings. The molecule has 5 N–H and O–H groups in total. The van der Waals surface area contributed by atoms with Crippen LogP contribution in [0.25, 0.3) is 0 Å². The van der Waals surface area contributed by atoms with E-state index in [-0.39, 0.29) is 22.8 Å². The molecule has 0 atom stereocenters. The molecule has 0 amide bonds. The van der Waals surface area contributed by atoms with E-state index in [0.29, 0.717) is 12.0 Å². The number of hydrogen-bond acceptors (Lipinski definition) is 3. The van der Waals surface area contributed by atoms with Crippen LogP contribution in [-0.4, -0.2) is 10.8 Å². The summed E-state index contributed by atoms with van der Waals surface area (Å²) in [6.45, 7) is 1.98. The Morgan fingerprint density at radius 3 is 2.11 bits per heavy atom. The van der Waals surface area contributed by atoms with Gasteiger partial charge in [-0.3, -0.25) is 0 Å². The maximum absolute atomic E-state index is 9.73. The monoisotopic (exact) mass is 301 g/mol. The van der Waals surface area contributed by atoms with Crippen molar-refractivity contribution in [2.75, 3.05) is 0 Å². The Kier molecular flexibility index (Phi) is 8.28. The average Bonchev–Trinajstić information content (AvgIpc) is 3.04. The molecular formula is C15H21FeN2O-. The zero-order valence-corrected chi connectivity index (χ0v) is 12.2. The van der Waals surface area contributed by atoms with Gasteiger partial charge in [-0.2, -0.15) is 18.2 Å². The summed E-state index contributed by atoms with van der Waals surface area (Å²) in [6, 6.07) is 10.0. The summed E-state index contributed by atoms with van der Waals surface area (Å²) in [5.74, 6) is 0.0688. The van der Waals surface area contributed by atoms with Crippen LogP contribution < -0.4 is 11.5 Å². The van der Waals surface area contributed by atoms with Gasteiger partial charge in [0, 0.05) is 22.6 Å². The van der Waals surface area contributed by atoms with Gasteiger partial charge in [-0.1, -0.05) is 37.6 Å². The molecule has 19 heavy (non-hydrogen) atoms. The second-order valence-corrected chi connectivity index (χ2v) is 4.27. The number of aliphatic hydroxyl groups excluding tert-OH is 1. The number of allylic oxidation sites excluding steroid dienone is 5. The fourth-order valence-electron chi connectivity index (χ4n) is 1.65. The normalized spacial score (nSPS) is 12.7. The Bertz CT molecular complexity index is 400. The third-order valence-electron chi connectivity index (χ3n) is 2.60. The Hall–Kier alpha value is -1.19. The molecule has 0 saturated heterocycles. The maximum Gasteiger partial charge on any atom is 0.134 e. The van der Waals surface area contributed by atoms with Crippen molar-refractivity contribution in [2.24, 2.45) is 11.5 Å². The molecule has 106 valence electrons. The molecule has 0 aliphatic heterocycles. The molecule has 2 rings (SSSR count). The Balaban J connectivity index is 0.000000454. The zero-order chi connectivity index (χ0) is 13.4. The third-order valence-corrected chi connectivity index (χ3v) is 2.60. The molecule has 3 nitrogen and oxygen atoms in total. The first-order valence-electron chi connectivity index (χ1n) is 6.11. The number of rotatable bonds is 3. The largest absolute Gasteiger partial charge is 0.508 e. The molecule has 1 aromatic carbocycles. The van der Waals surface area contributed by atoms with Crippen molar-refractivity contribution in [3.05, 3.63) is 66.0 Å². The van der Waals surface area contributed by atoms with Gasteiger partial charge in [0.05, 0.1) is 0 Å². The van der Waals surface area contributed by atoms with Crippen LogP contribution in [0.4, 0.5) is 0 Å². The van der Waals surface area contributed by atoms with Gasteiger partial charge in [0.2, 0.25) is 0 Å². The molecule has 1 aliphatic rings. The van der Waals surface area contributed by atoms with Crippen LogP contribution in [0.15, 0.2) is 66.0 Å². The number of aliphatic hydroxyl groups is 1. The van der Waals surface area contributed by atoms with Gasteiger partial charge in [0.15, 0.2) is 0 Å². The standard InChI is InChI=1S/C10H16N2O.C5H5.Fe/c1-2-7-10(11,12)9(13)8-5-3-4-6-8;1-2-4-5-3-1;/h3-6,13H,2,7,11-12H2,1H3;1-5H;/q;-1;. The summed E-state index contributed by atoms with van der Waals surface area (Å²) in [7, 11) is 0. The zero-order valence-electron chi connectivity index (χ0n) is 11.1. The molecule has 0 heterocycles. The molecule has 0 aromatic heterocycles. The van der Waals surface area contributed by atoms with Gasteiger partial charge in [0.1, 0.15) is 11.4 Å². The van der Waals surface area contributed by atoms with Crippen LogP contribution in [0.5, 0.6) is 0 Å². The Morgan fingerprint density at radius 1 is 1.21 bits per heavy atom. The molecule has 0 saturated carbocycles. The van der Waals surface area contributed by atoms with Gasteiger partial charge in [-0.05, 0) is 6.42 Å². The van der Waals surface area contributed by atoms with Crippen LogP contribution in [0.3, 0.4) is 0 Å². The van der Waals surface area contributed by atoms with Crippen molar-refractivity contribution in [3.63, 3.8) is 0 Å². The molecule has 0 radical (unpaired) electrons. The van der Waals surface area contributed by atoms with Crippen molar-refractivity contribution in [2.45, 2.75) is 25.4 Å². The second kappa shape index (κ2) is 8.83. The summed E-state index contributed by atoms with van der Waals surface area (Å²) < 4.78 is 0. The van der Waals surface area contributed by atoms with E-state index in [4.69, 9.17) is 11.5 Å². The van der Waals surface area contributed by atoms with Gasteiger partial charge >= 0.3 is 0 Å². The van der Waals surface area contributed by atoms with Crippen molar-refractivity contribution >= 4 is 0 Å². The van der Waals surface area contributed by atoms with Crippen LogP contribution in [-0.2, 0) is 17.1 Å². The molecular weight excluding hydrogens is 280 g/mol. The topological polar surface area (TPSA) is 72.3 Å². The fourth-order valence-corrected chi connectivity index (χ4v) is 1.65. The molecule has 0 bridgehead atoms. The van der Waals surface area contributed by atoms with E-state index in [1.54, 1.807) is 12.2 Å². The van der Waals surface area contributed by atoms with Crippen LogP contribution in [0, 0.1) is 0 Å². The number of hydrogen-bond donors (Lipinski definition) is 3. The van der Waals surface area contributed by atoms with Crippen LogP contribution in [0.1, 0.15) is 19.8 Å². The summed E-state index contributed by atoms with van der Waals surface area (Å²) in [5, 5.41) is 9.73. The smallest absolute Gasteiger partial charge is 0.134 e. The average molecular weight is 301 g/mol. The van der Waals surface area contributed by atoms with E-state index in [2.05, 4.69) is 0 Å². The van der Waals surface area contributed by atoms with E-state index < -0.39 is 5.66 Å². The van der Waals surface area contributed by atoms with Gasteiger partial charge in [0.25, 0.3) is 0 Å². The van der Waals surface area contributed by atoms with Crippen molar-refractivity contribution in [3.8, 4) is 0 Å². The van der Waals surface area contributed by atoms with E-state index in [1.807, 2.05) is 49.4 Å². The summed E-state index contributed by atoms with van der Waals surface area (Å²) in [6.07, 6.45) is 8.68. The maximum atomic E-state index is 9.73. The first-order valence-corrected chi connectivity index (χ1v) is 6.11. The summed E-state index contributed by atoms with van der Waals surface area (Å²) in [5.41, 5.74) is 11.1. The predicted molar refractivity (Wildman–Crippen MR) is 76.0 cm³/mol. The van der Waals surface area contributed by atoms with Gasteiger partial charge < -0.3 is 16.6 Å². The third kappa shape index (κ3) is 5.99. The van der Waals surface area contributed by atoms with E-state index in [0.717, 1.165) is 6.42 Å². The predicted octanol–water partition coefficient (Wildman–Crippen LogP) is 2.74. The molecule has 1 aliphatic carbocycles. The van der Waals surface area contributed by atoms with Crippen molar-refractivity contribution in [1.82, 2.24) is 0 Å². The van der Waals surface area contributed by atoms with Crippen LogP contribution in [0.2, 0.25) is 0 Å². The Labute approximate surface area is 125 Å². The van der Waals surface area contributed by atoms with E-state index in [1.165, 1.54) is 0 Å². The minimum absolute atomic E-state index is 0. The SMILES string of the molecule is CCCC(N)(N)C(O)=C1C=CC=C1.[Fe].c1cc[cH-]c1. The molecule has 0 spiro atoms. The minimum atomic E-state index is -1.09. The quantitative estimate of drug-likeness (QED) is 0.348. The van der Waals surface area contributed by atoms with Crippen molar-refractivity contribution in [1.29, 1.82) is 0 Å². The summed E-state index contributed by atoms with van der Waals surface area (Å²) in [4.78, 5) is 0. The second-order valence-electron chi connectivity index (χ2n) is 4.27. The van der Waals surface area contributed by atoms with Crippen molar-refractivity contribution < 1.29 is 22.2 Å². The van der Waals surface area contributed by atoms with Gasteiger partial charge in [-0.15, -0.1) is 0 Å². The first-order chi connectivity index (χ1) is 8.58. The van der Waals surface area contributed by atoms with E-state index >= 15 is 0 Å². The molecule has 0 fully saturated rings. The fraction of sp³-hybridized carbons (Fsp3) is 0.267. The first kappa shape index (κ1) is 17.8. The van der Waals surface area contributed by atoms with Crippen LogP contribution >= 0.6 is 0 Å². The Morgan fingerprint density at radius 2 is 1.74 bits per heavy atom. The number of nitrogens with two attached hydrogens (primary N) is 2. The summed E-state index contributed by atoms with van der Waals surface area (Å²) >= 11 is 0. The van der Waals surface area contributed by atoms with Gasteiger partial charge in [-0.25, -0.2) is 12.1 Å². The molecule has 0 unspecified atom stereocenters.